The van der Waals surface area contributed by atoms with Crippen molar-refractivity contribution in [1.29, 1.82) is 0 Å². The van der Waals surface area contributed by atoms with Gasteiger partial charge in [0.2, 0.25) is 5.88 Å². The van der Waals surface area contributed by atoms with Gasteiger partial charge in [0, 0.05) is 18.0 Å². The second-order valence-electron chi connectivity index (χ2n) is 6.72. The summed E-state index contributed by atoms with van der Waals surface area (Å²) in [6, 6.07) is 15.8. The van der Waals surface area contributed by atoms with Gasteiger partial charge < -0.3 is 15.8 Å². The first-order chi connectivity index (χ1) is 13.7. The van der Waals surface area contributed by atoms with Crippen LogP contribution < -0.4 is 15.8 Å². The van der Waals surface area contributed by atoms with Crippen molar-refractivity contribution in [3.63, 3.8) is 0 Å². The van der Waals surface area contributed by atoms with Crippen LogP contribution in [0, 0.1) is 5.82 Å². The highest BCUT2D eigenvalue weighted by Crippen LogP contribution is 2.25. The van der Waals surface area contributed by atoms with E-state index >= 15 is 0 Å². The number of ether oxygens (including phenoxy) is 1. The zero-order valence-electron chi connectivity index (χ0n) is 15.4. The minimum atomic E-state index is -0.306. The third-order valence-corrected chi connectivity index (χ3v) is 4.64. The molecule has 1 heterocycles. The van der Waals surface area contributed by atoms with E-state index in [0.717, 1.165) is 24.1 Å². The predicted molar refractivity (Wildman–Crippen MR) is 108 cm³/mol. The third kappa shape index (κ3) is 4.46. The van der Waals surface area contributed by atoms with Gasteiger partial charge in [0.05, 0.1) is 6.54 Å². The number of fused-ring (bicyclic) bond motifs is 1. The molecule has 3 aromatic rings. The molecule has 1 aliphatic rings. The Kier molecular flexibility index (Phi) is 5.19. The van der Waals surface area contributed by atoms with Gasteiger partial charge in [-0.2, -0.15) is 0 Å². The molecule has 1 aromatic heterocycles. The molecule has 1 aliphatic carbocycles. The number of aromatic nitrogens is 1. The van der Waals surface area contributed by atoms with Gasteiger partial charge in [-0.05, 0) is 72.4 Å². The van der Waals surface area contributed by atoms with Crippen LogP contribution in [0.15, 0.2) is 65.8 Å². The molecule has 2 aromatic carbocycles. The number of pyridine rings is 1. The first-order valence-corrected chi connectivity index (χ1v) is 9.23. The monoisotopic (exact) mass is 376 g/mol. The Bertz CT molecular complexity index is 984. The van der Waals surface area contributed by atoms with Crippen molar-refractivity contribution < 1.29 is 9.13 Å². The van der Waals surface area contributed by atoms with Crippen LogP contribution >= 0.6 is 0 Å². The van der Waals surface area contributed by atoms with Crippen molar-refractivity contribution in [2.24, 2.45) is 10.7 Å². The van der Waals surface area contributed by atoms with Gasteiger partial charge in [0.25, 0.3) is 0 Å². The molecule has 0 bridgehead atoms. The highest BCUT2D eigenvalue weighted by molar-refractivity contribution is 5.92. The van der Waals surface area contributed by atoms with Crippen LogP contribution in [0.1, 0.15) is 23.1 Å². The van der Waals surface area contributed by atoms with Crippen molar-refractivity contribution in [3.8, 4) is 11.6 Å². The van der Waals surface area contributed by atoms with E-state index in [-0.39, 0.29) is 5.82 Å². The molecule has 0 aliphatic heterocycles. The Morgan fingerprint density at radius 2 is 1.89 bits per heavy atom. The summed E-state index contributed by atoms with van der Waals surface area (Å²) in [5.41, 5.74) is 10.7. The van der Waals surface area contributed by atoms with Crippen LogP contribution in [0.3, 0.4) is 0 Å². The minimum absolute atomic E-state index is 0.306. The highest BCUT2D eigenvalue weighted by Gasteiger charge is 2.10. The van der Waals surface area contributed by atoms with Gasteiger partial charge in [0.1, 0.15) is 11.6 Å². The number of rotatable bonds is 5. The molecule has 6 heteroatoms. The molecule has 28 heavy (non-hydrogen) atoms. The van der Waals surface area contributed by atoms with Crippen molar-refractivity contribution in [2.45, 2.75) is 25.8 Å². The number of anilines is 1. The lowest BCUT2D eigenvalue weighted by Gasteiger charge is -2.08. The van der Waals surface area contributed by atoms with E-state index in [0.29, 0.717) is 24.1 Å². The number of nitrogens with two attached hydrogens (primary N) is 1. The Morgan fingerprint density at radius 3 is 2.68 bits per heavy atom. The average molecular weight is 376 g/mol. The molecule has 0 radical (unpaired) electrons. The molecule has 4 rings (SSSR count). The Labute approximate surface area is 163 Å². The average Bonchev–Trinajstić information content (AvgIpc) is 3.17. The van der Waals surface area contributed by atoms with Crippen molar-refractivity contribution >= 4 is 11.6 Å². The number of nitrogens with zero attached hydrogens (tertiary/aromatic N) is 2. The lowest BCUT2D eigenvalue weighted by atomic mass is 10.1. The van der Waals surface area contributed by atoms with E-state index in [4.69, 9.17) is 10.5 Å². The van der Waals surface area contributed by atoms with Crippen molar-refractivity contribution in [1.82, 2.24) is 4.98 Å². The van der Waals surface area contributed by atoms with Crippen LogP contribution in [0.4, 0.5) is 10.1 Å². The smallest absolute Gasteiger partial charge is 0.219 e. The quantitative estimate of drug-likeness (QED) is 0.510. The van der Waals surface area contributed by atoms with Crippen molar-refractivity contribution in [2.75, 3.05) is 5.32 Å². The maximum atomic E-state index is 12.9. The van der Waals surface area contributed by atoms with Crippen LogP contribution in [0.2, 0.25) is 0 Å². The molecule has 0 saturated heterocycles. The lowest BCUT2D eigenvalue weighted by Crippen LogP contribution is -2.22. The summed E-state index contributed by atoms with van der Waals surface area (Å²) in [5, 5.41) is 3.14. The molecule has 3 N–H and O–H groups in total. The zero-order valence-corrected chi connectivity index (χ0v) is 15.4. The van der Waals surface area contributed by atoms with Gasteiger partial charge in [-0.3, -0.25) is 0 Å². The molecule has 0 amide bonds. The molecule has 0 unspecified atom stereocenters. The maximum Gasteiger partial charge on any atom is 0.219 e. The van der Waals surface area contributed by atoms with Crippen molar-refractivity contribution in [3.05, 3.63) is 83.3 Å². The SMILES string of the molecule is NC(=NCc1ccc(Oc2ccc(F)cc2)nc1)Nc1ccc2c(c1)CCC2. The maximum absolute atomic E-state index is 12.9. The van der Waals surface area contributed by atoms with E-state index in [9.17, 15) is 4.39 Å². The second kappa shape index (κ2) is 8.08. The summed E-state index contributed by atoms with van der Waals surface area (Å²) in [4.78, 5) is 8.62. The van der Waals surface area contributed by atoms with Crippen LogP contribution in [-0.2, 0) is 19.4 Å². The van der Waals surface area contributed by atoms with Gasteiger partial charge in [-0.15, -0.1) is 0 Å². The summed E-state index contributed by atoms with van der Waals surface area (Å²) in [6.45, 7) is 0.410. The van der Waals surface area contributed by atoms with E-state index in [1.54, 1.807) is 24.4 Å². The Balaban J connectivity index is 1.34. The largest absolute Gasteiger partial charge is 0.439 e. The van der Waals surface area contributed by atoms with Crippen LogP contribution in [0.25, 0.3) is 0 Å². The number of guanidine groups is 1. The number of nitrogens with one attached hydrogen (secondary N) is 1. The highest BCUT2D eigenvalue weighted by atomic mass is 19.1. The number of aryl methyl sites for hydroxylation is 2. The summed E-state index contributed by atoms with van der Waals surface area (Å²) in [6.07, 6.45) is 5.19. The minimum Gasteiger partial charge on any atom is -0.439 e. The van der Waals surface area contributed by atoms with Gasteiger partial charge in [0.15, 0.2) is 5.96 Å². The molecule has 0 atom stereocenters. The molecule has 0 fully saturated rings. The summed E-state index contributed by atoms with van der Waals surface area (Å²) in [7, 11) is 0. The Morgan fingerprint density at radius 1 is 1.07 bits per heavy atom. The number of halogens is 1. The normalized spacial score (nSPS) is 13.2. The first-order valence-electron chi connectivity index (χ1n) is 9.23. The molecular formula is C22H21FN4O. The first kappa shape index (κ1) is 18.0. The fourth-order valence-corrected chi connectivity index (χ4v) is 3.20. The lowest BCUT2D eigenvalue weighted by molar-refractivity contribution is 0.461. The molecule has 142 valence electrons. The second-order valence-corrected chi connectivity index (χ2v) is 6.72. The molecule has 0 saturated carbocycles. The van der Waals surface area contributed by atoms with E-state index in [1.807, 2.05) is 12.1 Å². The predicted octanol–water partition coefficient (Wildman–Crippen LogP) is 4.43. The fourth-order valence-electron chi connectivity index (χ4n) is 3.20. The van der Waals surface area contributed by atoms with E-state index < -0.39 is 0 Å². The van der Waals surface area contributed by atoms with Crippen LogP contribution in [-0.4, -0.2) is 10.9 Å². The topological polar surface area (TPSA) is 72.5 Å². The summed E-state index contributed by atoms with van der Waals surface area (Å²) in [5.74, 6) is 1.02. The standard InChI is InChI=1S/C22H21FN4O/c23-18-6-9-20(10-7-18)28-21-11-4-15(13-25-21)14-26-22(24)27-19-8-5-16-2-1-3-17(16)12-19/h4-13H,1-3,14H2,(H3,24,26,27). The van der Waals surface area contributed by atoms with Gasteiger partial charge in [-0.25, -0.2) is 14.4 Å². The summed E-state index contributed by atoms with van der Waals surface area (Å²) >= 11 is 0. The van der Waals surface area contributed by atoms with Gasteiger partial charge in [-0.1, -0.05) is 12.1 Å². The summed E-state index contributed by atoms with van der Waals surface area (Å²) < 4.78 is 18.5. The van der Waals surface area contributed by atoms with Crippen LogP contribution in [0.5, 0.6) is 11.6 Å². The molecule has 0 spiro atoms. The molecule has 5 nitrogen and oxygen atoms in total. The number of benzene rings is 2. The fraction of sp³-hybridized carbons (Fsp3) is 0.182. The third-order valence-electron chi connectivity index (χ3n) is 4.64. The van der Waals surface area contributed by atoms with E-state index in [1.165, 1.54) is 29.7 Å². The van der Waals surface area contributed by atoms with E-state index in [2.05, 4.69) is 27.4 Å². The number of hydrogen-bond acceptors (Lipinski definition) is 3. The van der Waals surface area contributed by atoms with Gasteiger partial charge >= 0.3 is 0 Å². The zero-order chi connectivity index (χ0) is 19.3. The number of aliphatic imine (C=N–C) groups is 1. The Hall–Kier alpha value is -3.41. The number of hydrogen-bond donors (Lipinski definition) is 2. The molecular weight excluding hydrogens is 355 g/mol.